The SMILES string of the molecule is CC(C)(C)[Si](C)(C)OC(CN1CCc2ccccc2C1)CN1CCN(Cc2ccc(C3CCN(Cc4cn[nH]n4)CC3)cn2)C1=O. The summed E-state index contributed by atoms with van der Waals surface area (Å²) in [6.07, 6.45) is 7.10. The molecular weight excluding hydrogens is 593 g/mol. The molecule has 6 rings (SSSR count). The zero-order valence-electron chi connectivity index (χ0n) is 28.4. The number of aromatic nitrogens is 4. The second kappa shape index (κ2) is 13.9. The molecule has 10 nitrogen and oxygen atoms in total. The number of hydrogen-bond donors (Lipinski definition) is 1. The maximum atomic E-state index is 13.7. The fraction of sp³-hybridized carbons (Fsp3) is 0.600. The molecular formula is C35H52N8O2Si. The van der Waals surface area contributed by atoms with Crippen LogP contribution in [0.15, 0.2) is 48.8 Å². The number of H-pyrrole nitrogens is 1. The Morgan fingerprint density at radius 3 is 2.35 bits per heavy atom. The minimum atomic E-state index is -2.03. The summed E-state index contributed by atoms with van der Waals surface area (Å²) in [4.78, 5) is 27.4. The van der Waals surface area contributed by atoms with Gasteiger partial charge in [0.25, 0.3) is 0 Å². The number of nitrogens with zero attached hydrogens (tertiary/aromatic N) is 7. The molecule has 2 saturated heterocycles. The molecule has 0 aliphatic carbocycles. The molecule has 0 bridgehead atoms. The van der Waals surface area contributed by atoms with Crippen LogP contribution in [0.25, 0.3) is 0 Å². The topological polar surface area (TPSA) is 93.7 Å². The van der Waals surface area contributed by atoms with E-state index in [0.717, 1.165) is 83.0 Å². The quantitative estimate of drug-likeness (QED) is 0.285. The zero-order valence-corrected chi connectivity index (χ0v) is 29.4. The van der Waals surface area contributed by atoms with Gasteiger partial charge in [-0.05, 0) is 79.2 Å². The Kier molecular flexibility index (Phi) is 9.93. The fourth-order valence-corrected chi connectivity index (χ4v) is 8.18. The Morgan fingerprint density at radius 2 is 1.65 bits per heavy atom. The molecule has 5 heterocycles. The molecule has 1 unspecified atom stereocenters. The highest BCUT2D eigenvalue weighted by Gasteiger charge is 2.41. The number of likely N-dealkylation sites (tertiary alicyclic amines) is 1. The number of nitrogens with one attached hydrogen (secondary N) is 1. The van der Waals surface area contributed by atoms with Gasteiger partial charge in [-0.25, -0.2) is 4.79 Å². The van der Waals surface area contributed by atoms with Crippen LogP contribution in [0.4, 0.5) is 4.79 Å². The van der Waals surface area contributed by atoms with E-state index in [-0.39, 0.29) is 17.2 Å². The Balaban J connectivity index is 1.03. The van der Waals surface area contributed by atoms with Crippen LogP contribution in [0.3, 0.4) is 0 Å². The number of aromatic amines is 1. The first-order chi connectivity index (χ1) is 22.0. The number of piperidine rings is 1. The van der Waals surface area contributed by atoms with Crippen molar-refractivity contribution in [1.29, 1.82) is 0 Å². The highest BCUT2D eigenvalue weighted by atomic mass is 28.4. The second-order valence-corrected chi connectivity index (χ2v) is 19.8. The highest BCUT2D eigenvalue weighted by molar-refractivity contribution is 6.74. The van der Waals surface area contributed by atoms with E-state index in [4.69, 9.17) is 9.41 Å². The maximum Gasteiger partial charge on any atom is 0.320 e. The third-order valence-electron chi connectivity index (χ3n) is 10.7. The number of rotatable bonds is 11. The number of urea groups is 1. The molecule has 1 atom stereocenters. The molecule has 46 heavy (non-hydrogen) atoms. The van der Waals surface area contributed by atoms with Gasteiger partial charge < -0.3 is 14.2 Å². The Morgan fingerprint density at radius 1 is 0.891 bits per heavy atom. The van der Waals surface area contributed by atoms with Crippen molar-refractivity contribution in [3.8, 4) is 0 Å². The van der Waals surface area contributed by atoms with E-state index in [1.165, 1.54) is 16.7 Å². The van der Waals surface area contributed by atoms with Gasteiger partial charge in [0, 0.05) is 52.0 Å². The summed E-state index contributed by atoms with van der Waals surface area (Å²) in [7, 11) is -2.03. The largest absolute Gasteiger partial charge is 0.411 e. The van der Waals surface area contributed by atoms with Crippen molar-refractivity contribution in [3.63, 3.8) is 0 Å². The third-order valence-corrected chi connectivity index (χ3v) is 15.2. The Labute approximate surface area is 275 Å². The molecule has 1 aromatic carbocycles. The summed E-state index contributed by atoms with van der Waals surface area (Å²) >= 11 is 0. The summed E-state index contributed by atoms with van der Waals surface area (Å²) in [5, 5.41) is 10.9. The van der Waals surface area contributed by atoms with E-state index in [1.807, 2.05) is 16.0 Å². The predicted octanol–water partition coefficient (Wildman–Crippen LogP) is 5.27. The predicted molar refractivity (Wildman–Crippen MR) is 183 cm³/mol. The molecule has 0 saturated carbocycles. The lowest BCUT2D eigenvalue weighted by atomic mass is 9.90. The van der Waals surface area contributed by atoms with Crippen molar-refractivity contribution in [1.82, 2.24) is 40.0 Å². The smallest absolute Gasteiger partial charge is 0.320 e. The monoisotopic (exact) mass is 644 g/mol. The lowest BCUT2D eigenvalue weighted by Gasteiger charge is -2.42. The number of benzene rings is 1. The molecule has 2 aromatic heterocycles. The highest BCUT2D eigenvalue weighted by Crippen LogP contribution is 2.38. The van der Waals surface area contributed by atoms with Gasteiger partial charge in [-0.1, -0.05) is 51.1 Å². The first-order valence-corrected chi connectivity index (χ1v) is 20.0. The minimum absolute atomic E-state index is 0.0187. The van der Waals surface area contributed by atoms with E-state index < -0.39 is 8.32 Å². The summed E-state index contributed by atoms with van der Waals surface area (Å²) in [5.74, 6) is 0.519. The standard InChI is InChI=1S/C35H52N8O2Si/c1-35(2,3)46(4,5)45-33(25-41-17-14-27-8-6-7-9-30(27)22-41)26-43-19-18-42(34(43)44)24-31-11-10-29(20-36-31)28-12-15-40(16-13-28)23-32-21-37-39-38-32/h6-11,20-21,28,33H,12-19,22-26H2,1-5H3,(H,37,38,39). The number of pyridine rings is 1. The van der Waals surface area contributed by atoms with E-state index in [9.17, 15) is 4.79 Å². The van der Waals surface area contributed by atoms with Crippen molar-refractivity contribution in [2.75, 3.05) is 45.8 Å². The van der Waals surface area contributed by atoms with Gasteiger partial charge in [-0.15, -0.1) is 0 Å². The number of amides is 2. The van der Waals surface area contributed by atoms with Crippen LogP contribution in [-0.4, -0.2) is 106 Å². The van der Waals surface area contributed by atoms with Gasteiger partial charge >= 0.3 is 6.03 Å². The Hall–Kier alpha value is -3.12. The first kappa shape index (κ1) is 32.8. The molecule has 1 N–H and O–H groups in total. The van der Waals surface area contributed by atoms with Gasteiger partial charge in [-0.3, -0.25) is 14.8 Å². The maximum absolute atomic E-state index is 13.7. The average Bonchev–Trinajstić information content (AvgIpc) is 3.67. The lowest BCUT2D eigenvalue weighted by molar-refractivity contribution is 0.0878. The third kappa shape index (κ3) is 7.87. The number of fused-ring (bicyclic) bond motifs is 1. The van der Waals surface area contributed by atoms with Crippen LogP contribution >= 0.6 is 0 Å². The van der Waals surface area contributed by atoms with E-state index in [1.54, 1.807) is 6.20 Å². The van der Waals surface area contributed by atoms with Crippen LogP contribution in [0.1, 0.15) is 67.6 Å². The molecule has 2 amide bonds. The first-order valence-electron chi connectivity index (χ1n) is 17.1. The molecule has 3 aromatic rings. The van der Waals surface area contributed by atoms with Crippen LogP contribution in [0, 0.1) is 0 Å². The summed E-state index contributed by atoms with van der Waals surface area (Å²) in [5.41, 5.74) is 6.10. The van der Waals surface area contributed by atoms with Crippen molar-refractivity contribution in [2.24, 2.45) is 0 Å². The fourth-order valence-electron chi connectivity index (χ4n) is 6.84. The molecule has 0 spiro atoms. The normalized spacial score (nSPS) is 19.5. The zero-order chi connectivity index (χ0) is 32.3. The number of carbonyl (C=O) groups excluding carboxylic acids is 1. The van der Waals surface area contributed by atoms with E-state index >= 15 is 0 Å². The van der Waals surface area contributed by atoms with Gasteiger partial charge in [0.2, 0.25) is 0 Å². The van der Waals surface area contributed by atoms with Gasteiger partial charge in [0.05, 0.1) is 30.2 Å². The summed E-state index contributed by atoms with van der Waals surface area (Å²) in [6.45, 7) is 19.9. The van der Waals surface area contributed by atoms with Crippen LogP contribution in [0.5, 0.6) is 0 Å². The molecule has 11 heteroatoms. The number of carbonyl (C=O) groups is 1. The molecule has 3 aliphatic heterocycles. The van der Waals surface area contributed by atoms with Crippen molar-refractivity contribution in [2.45, 2.75) is 89.8 Å². The number of hydrogen-bond acceptors (Lipinski definition) is 7. The van der Waals surface area contributed by atoms with Crippen molar-refractivity contribution in [3.05, 3.63) is 76.9 Å². The second-order valence-electron chi connectivity index (χ2n) is 15.0. The van der Waals surface area contributed by atoms with Crippen LogP contribution in [-0.2, 0) is 30.5 Å². The Bertz CT molecular complexity index is 1430. The van der Waals surface area contributed by atoms with E-state index in [0.29, 0.717) is 19.0 Å². The van der Waals surface area contributed by atoms with Crippen molar-refractivity contribution < 1.29 is 9.22 Å². The minimum Gasteiger partial charge on any atom is -0.411 e. The lowest BCUT2D eigenvalue weighted by Crippen LogP contribution is -2.51. The molecule has 248 valence electrons. The molecule has 2 fully saturated rings. The van der Waals surface area contributed by atoms with Crippen LogP contribution < -0.4 is 0 Å². The van der Waals surface area contributed by atoms with E-state index in [2.05, 4.69) is 95.5 Å². The summed E-state index contributed by atoms with van der Waals surface area (Å²) < 4.78 is 7.02. The van der Waals surface area contributed by atoms with Crippen molar-refractivity contribution >= 4 is 14.3 Å². The average molecular weight is 645 g/mol. The van der Waals surface area contributed by atoms with Gasteiger partial charge in [0.15, 0.2) is 8.32 Å². The molecule has 0 radical (unpaired) electrons. The van der Waals surface area contributed by atoms with Gasteiger partial charge in [0.1, 0.15) is 0 Å². The summed E-state index contributed by atoms with van der Waals surface area (Å²) in [6, 6.07) is 13.2. The molecule has 3 aliphatic rings. The van der Waals surface area contributed by atoms with Gasteiger partial charge in [-0.2, -0.15) is 15.4 Å². The van der Waals surface area contributed by atoms with Crippen LogP contribution in [0.2, 0.25) is 18.1 Å².